The molecular weight excluding hydrogens is 246 g/mol. The van der Waals surface area contributed by atoms with Crippen LogP contribution in [-0.2, 0) is 9.84 Å². The third kappa shape index (κ3) is 2.66. The molecule has 0 bridgehead atoms. The van der Waals surface area contributed by atoms with E-state index in [1.54, 1.807) is 0 Å². The summed E-state index contributed by atoms with van der Waals surface area (Å²) in [5.74, 6) is -1.33. The number of nitrogens with two attached hydrogens (primary N) is 3. The minimum absolute atomic E-state index is 0.0120. The first-order valence-electron chi connectivity index (χ1n) is 4.62. The molecule has 0 saturated carbocycles. The van der Waals surface area contributed by atoms with Gasteiger partial charge in [0.1, 0.15) is 0 Å². The van der Waals surface area contributed by atoms with Gasteiger partial charge in [0.2, 0.25) is 0 Å². The van der Waals surface area contributed by atoms with Gasteiger partial charge in [0.15, 0.2) is 9.84 Å². The van der Waals surface area contributed by atoms with Crippen molar-refractivity contribution in [3.8, 4) is 0 Å². The molecule has 7 N–H and O–H groups in total. The van der Waals surface area contributed by atoms with Gasteiger partial charge in [-0.15, -0.1) is 0 Å². The Morgan fingerprint density at radius 1 is 1.24 bits per heavy atom. The fraction of sp³-hybridized carbons (Fsp3) is 0.222. The third-order valence-electron chi connectivity index (χ3n) is 2.14. The number of anilines is 2. The second kappa shape index (κ2) is 4.60. The first-order chi connectivity index (χ1) is 7.79. The summed E-state index contributed by atoms with van der Waals surface area (Å²) < 4.78 is 23.4. The molecule has 0 radical (unpaired) electrons. The average molecular weight is 259 g/mol. The Morgan fingerprint density at radius 2 is 1.82 bits per heavy atom. The Morgan fingerprint density at radius 3 is 2.29 bits per heavy atom. The maximum atomic E-state index is 11.7. The van der Waals surface area contributed by atoms with Crippen LogP contribution in [0.4, 0.5) is 11.4 Å². The molecule has 7 nitrogen and oxygen atoms in total. The summed E-state index contributed by atoms with van der Waals surface area (Å²) >= 11 is 0. The van der Waals surface area contributed by atoms with E-state index in [1.807, 2.05) is 0 Å². The smallest absolute Gasteiger partial charge is 0.250 e. The number of amides is 1. The van der Waals surface area contributed by atoms with Gasteiger partial charge in [0.05, 0.1) is 28.5 Å². The molecule has 0 saturated heterocycles. The van der Waals surface area contributed by atoms with Gasteiger partial charge >= 0.3 is 0 Å². The SMILES string of the molecule is NC(=O)c1cc(S(=O)(=O)CCO)c(N)cc1N. The monoisotopic (exact) mass is 259 g/mol. The molecule has 0 aliphatic carbocycles. The third-order valence-corrected chi connectivity index (χ3v) is 3.89. The minimum Gasteiger partial charge on any atom is -0.398 e. The number of primary amides is 1. The van der Waals surface area contributed by atoms with E-state index in [1.165, 1.54) is 0 Å². The van der Waals surface area contributed by atoms with Crippen LogP contribution in [-0.4, -0.2) is 31.8 Å². The summed E-state index contributed by atoms with van der Waals surface area (Å²) in [5, 5.41) is 8.65. The van der Waals surface area contributed by atoms with Crippen LogP contribution in [0.25, 0.3) is 0 Å². The quantitative estimate of drug-likeness (QED) is 0.494. The van der Waals surface area contributed by atoms with E-state index < -0.39 is 28.1 Å². The van der Waals surface area contributed by atoms with E-state index in [-0.39, 0.29) is 21.8 Å². The number of hydrogen-bond acceptors (Lipinski definition) is 6. The van der Waals surface area contributed by atoms with Crippen molar-refractivity contribution in [2.45, 2.75) is 4.90 Å². The van der Waals surface area contributed by atoms with Crippen LogP contribution in [0.15, 0.2) is 17.0 Å². The van der Waals surface area contributed by atoms with Crippen LogP contribution in [0, 0.1) is 0 Å². The number of carbonyl (C=O) groups is 1. The standard InChI is InChI=1S/C9H13N3O4S/c10-6-4-7(11)8(3-5(6)9(12)14)17(15,16)2-1-13/h3-4,13H,1-2,10-11H2,(H2,12,14). The molecule has 17 heavy (non-hydrogen) atoms. The molecule has 0 fully saturated rings. The number of rotatable bonds is 4. The predicted octanol–water partition coefficient (Wildman–Crippen LogP) is -1.28. The van der Waals surface area contributed by atoms with Gasteiger partial charge in [-0.05, 0) is 12.1 Å². The summed E-state index contributed by atoms with van der Waals surface area (Å²) in [6, 6.07) is 2.18. The Balaban J connectivity index is 3.45. The Kier molecular flexibility index (Phi) is 3.59. The molecule has 94 valence electrons. The highest BCUT2D eigenvalue weighted by Crippen LogP contribution is 2.25. The summed E-state index contributed by atoms with van der Waals surface area (Å²) in [7, 11) is -3.75. The molecule has 1 aromatic rings. The molecule has 0 atom stereocenters. The highest BCUT2D eigenvalue weighted by Gasteiger charge is 2.20. The molecule has 1 aromatic carbocycles. The lowest BCUT2D eigenvalue weighted by atomic mass is 10.1. The average Bonchev–Trinajstić information content (AvgIpc) is 2.15. The minimum atomic E-state index is -3.75. The lowest BCUT2D eigenvalue weighted by Crippen LogP contribution is -2.17. The Labute approximate surface area is 98.1 Å². The van der Waals surface area contributed by atoms with Crippen molar-refractivity contribution in [2.24, 2.45) is 5.73 Å². The van der Waals surface area contributed by atoms with Gasteiger partial charge in [-0.1, -0.05) is 0 Å². The molecule has 0 unspecified atom stereocenters. The van der Waals surface area contributed by atoms with Crippen molar-refractivity contribution in [1.82, 2.24) is 0 Å². The number of hydrogen-bond donors (Lipinski definition) is 4. The van der Waals surface area contributed by atoms with Gasteiger partial charge in [-0.3, -0.25) is 4.79 Å². The molecule has 8 heteroatoms. The van der Waals surface area contributed by atoms with Crippen molar-refractivity contribution >= 4 is 27.1 Å². The van der Waals surface area contributed by atoms with Crippen molar-refractivity contribution in [3.63, 3.8) is 0 Å². The second-order valence-corrected chi connectivity index (χ2v) is 5.46. The zero-order chi connectivity index (χ0) is 13.2. The molecule has 1 rings (SSSR count). The first-order valence-corrected chi connectivity index (χ1v) is 6.27. The molecular formula is C9H13N3O4S. The summed E-state index contributed by atoms with van der Waals surface area (Å²) in [5.41, 5.74) is 15.9. The lowest BCUT2D eigenvalue weighted by molar-refractivity contribution is 0.100. The second-order valence-electron chi connectivity index (χ2n) is 3.38. The zero-order valence-electron chi connectivity index (χ0n) is 8.88. The first kappa shape index (κ1) is 13.3. The molecule has 0 aromatic heterocycles. The topological polar surface area (TPSA) is 150 Å². The Hall–Kier alpha value is -1.80. The van der Waals surface area contributed by atoms with Crippen LogP contribution in [0.3, 0.4) is 0 Å². The Bertz CT molecular complexity index is 554. The maximum absolute atomic E-state index is 11.7. The normalized spacial score (nSPS) is 11.4. The largest absolute Gasteiger partial charge is 0.398 e. The number of aliphatic hydroxyl groups is 1. The maximum Gasteiger partial charge on any atom is 0.250 e. The zero-order valence-corrected chi connectivity index (χ0v) is 9.70. The van der Waals surface area contributed by atoms with Gasteiger partial charge in [0.25, 0.3) is 5.91 Å². The molecule has 0 spiro atoms. The van der Waals surface area contributed by atoms with Gasteiger partial charge in [-0.2, -0.15) is 0 Å². The van der Waals surface area contributed by atoms with Gasteiger partial charge in [0, 0.05) is 5.69 Å². The van der Waals surface area contributed by atoms with Crippen LogP contribution in [0.1, 0.15) is 10.4 Å². The van der Waals surface area contributed by atoms with Gasteiger partial charge in [-0.25, -0.2) is 8.42 Å². The van der Waals surface area contributed by atoms with E-state index in [9.17, 15) is 13.2 Å². The van der Waals surface area contributed by atoms with Crippen LogP contribution < -0.4 is 17.2 Å². The number of carbonyl (C=O) groups excluding carboxylic acids is 1. The molecule has 1 amide bonds. The van der Waals surface area contributed by atoms with E-state index in [4.69, 9.17) is 22.3 Å². The van der Waals surface area contributed by atoms with Crippen LogP contribution in [0.2, 0.25) is 0 Å². The molecule has 0 aliphatic rings. The number of benzene rings is 1. The van der Waals surface area contributed by atoms with Crippen molar-refractivity contribution in [1.29, 1.82) is 0 Å². The summed E-state index contributed by atoms with van der Waals surface area (Å²) in [6.45, 7) is -0.544. The van der Waals surface area contributed by atoms with Crippen LogP contribution >= 0.6 is 0 Å². The number of nitrogen functional groups attached to an aromatic ring is 2. The predicted molar refractivity (Wildman–Crippen MR) is 62.9 cm³/mol. The van der Waals surface area contributed by atoms with Gasteiger partial charge < -0.3 is 22.3 Å². The van der Waals surface area contributed by atoms with E-state index >= 15 is 0 Å². The fourth-order valence-corrected chi connectivity index (χ4v) is 2.50. The van der Waals surface area contributed by atoms with E-state index in [0.717, 1.165) is 12.1 Å². The highest BCUT2D eigenvalue weighted by atomic mass is 32.2. The highest BCUT2D eigenvalue weighted by molar-refractivity contribution is 7.91. The van der Waals surface area contributed by atoms with Crippen molar-refractivity contribution < 1.29 is 18.3 Å². The summed E-state index contributed by atoms with van der Waals surface area (Å²) in [4.78, 5) is 10.8. The molecule has 0 aliphatic heterocycles. The molecule has 0 heterocycles. The number of sulfone groups is 1. The number of aliphatic hydroxyl groups excluding tert-OH is 1. The summed E-state index contributed by atoms with van der Waals surface area (Å²) in [6.07, 6.45) is 0. The fourth-order valence-electron chi connectivity index (χ4n) is 1.33. The van der Waals surface area contributed by atoms with E-state index in [2.05, 4.69) is 0 Å². The lowest BCUT2D eigenvalue weighted by Gasteiger charge is -2.10. The van der Waals surface area contributed by atoms with Crippen molar-refractivity contribution in [3.05, 3.63) is 17.7 Å². The van der Waals surface area contributed by atoms with Crippen molar-refractivity contribution in [2.75, 3.05) is 23.8 Å². The van der Waals surface area contributed by atoms with Crippen LogP contribution in [0.5, 0.6) is 0 Å². The van der Waals surface area contributed by atoms with E-state index in [0.29, 0.717) is 0 Å².